The van der Waals surface area contributed by atoms with Crippen LogP contribution in [0.5, 0.6) is 0 Å². The average molecular weight is 256 g/mol. The van der Waals surface area contributed by atoms with E-state index in [2.05, 4.69) is 4.99 Å². The SMILES string of the molecule is CCN1CCCC1=Nc1ccccc1C(F)(F)F. The largest absolute Gasteiger partial charge is 0.418 e. The molecular weight excluding hydrogens is 241 g/mol. The minimum absolute atomic E-state index is 0.0142. The first-order chi connectivity index (χ1) is 8.52. The molecule has 1 aromatic rings. The monoisotopic (exact) mass is 256 g/mol. The summed E-state index contributed by atoms with van der Waals surface area (Å²) in [7, 11) is 0. The van der Waals surface area contributed by atoms with E-state index in [1.807, 2.05) is 11.8 Å². The number of likely N-dealkylation sites (tertiary alicyclic amines) is 1. The Hall–Kier alpha value is -1.52. The quantitative estimate of drug-likeness (QED) is 0.784. The van der Waals surface area contributed by atoms with Crippen LogP contribution in [0.1, 0.15) is 25.3 Å². The fourth-order valence-electron chi connectivity index (χ4n) is 2.13. The van der Waals surface area contributed by atoms with Crippen molar-refractivity contribution in [2.75, 3.05) is 13.1 Å². The maximum Gasteiger partial charge on any atom is 0.418 e. The minimum Gasteiger partial charge on any atom is -0.360 e. The molecule has 0 radical (unpaired) electrons. The van der Waals surface area contributed by atoms with Crippen LogP contribution in [0, 0.1) is 0 Å². The maximum absolute atomic E-state index is 12.8. The molecule has 0 aromatic heterocycles. The topological polar surface area (TPSA) is 15.6 Å². The van der Waals surface area contributed by atoms with Gasteiger partial charge in [0, 0.05) is 19.5 Å². The average Bonchev–Trinajstić information content (AvgIpc) is 2.75. The van der Waals surface area contributed by atoms with E-state index < -0.39 is 11.7 Å². The summed E-state index contributed by atoms with van der Waals surface area (Å²) < 4.78 is 38.5. The molecule has 98 valence electrons. The summed E-state index contributed by atoms with van der Waals surface area (Å²) >= 11 is 0. The number of rotatable bonds is 2. The third-order valence-electron chi connectivity index (χ3n) is 3.03. The molecule has 18 heavy (non-hydrogen) atoms. The minimum atomic E-state index is -4.35. The normalized spacial score (nSPS) is 18.7. The highest BCUT2D eigenvalue weighted by Gasteiger charge is 2.33. The summed E-state index contributed by atoms with van der Waals surface area (Å²) in [6.07, 6.45) is -2.64. The zero-order valence-corrected chi connectivity index (χ0v) is 10.2. The summed E-state index contributed by atoms with van der Waals surface area (Å²) in [5.74, 6) is 0.759. The summed E-state index contributed by atoms with van der Waals surface area (Å²) in [6, 6.07) is 5.46. The van der Waals surface area contributed by atoms with Crippen molar-refractivity contribution in [3.05, 3.63) is 29.8 Å². The number of hydrogen-bond acceptors (Lipinski definition) is 1. The van der Waals surface area contributed by atoms with Crippen molar-refractivity contribution in [1.82, 2.24) is 4.90 Å². The van der Waals surface area contributed by atoms with Crippen LogP contribution in [0.15, 0.2) is 29.3 Å². The third-order valence-corrected chi connectivity index (χ3v) is 3.03. The van der Waals surface area contributed by atoms with Gasteiger partial charge in [-0.25, -0.2) is 4.99 Å². The van der Waals surface area contributed by atoms with E-state index in [9.17, 15) is 13.2 Å². The zero-order chi connectivity index (χ0) is 13.2. The van der Waals surface area contributed by atoms with Gasteiger partial charge in [0.25, 0.3) is 0 Å². The summed E-state index contributed by atoms with van der Waals surface area (Å²) in [5.41, 5.74) is -0.652. The van der Waals surface area contributed by atoms with Crippen molar-refractivity contribution in [2.45, 2.75) is 25.9 Å². The van der Waals surface area contributed by atoms with E-state index in [0.717, 1.165) is 37.8 Å². The molecule has 5 heteroatoms. The Labute approximate surface area is 104 Å². The van der Waals surface area contributed by atoms with Crippen LogP contribution < -0.4 is 0 Å². The highest BCUT2D eigenvalue weighted by Crippen LogP contribution is 2.36. The van der Waals surface area contributed by atoms with Crippen LogP contribution in [-0.2, 0) is 6.18 Å². The number of aliphatic imine (C=N–C) groups is 1. The highest BCUT2D eigenvalue weighted by molar-refractivity contribution is 5.86. The molecule has 1 aromatic carbocycles. The Balaban J connectivity index is 2.37. The maximum atomic E-state index is 12.8. The molecule has 1 fully saturated rings. The molecule has 1 saturated heterocycles. The van der Waals surface area contributed by atoms with Crippen LogP contribution in [0.25, 0.3) is 0 Å². The fourth-order valence-corrected chi connectivity index (χ4v) is 2.13. The summed E-state index contributed by atoms with van der Waals surface area (Å²) in [4.78, 5) is 6.22. The van der Waals surface area contributed by atoms with Crippen molar-refractivity contribution in [3.63, 3.8) is 0 Å². The van der Waals surface area contributed by atoms with E-state index in [0.29, 0.717) is 0 Å². The number of hydrogen-bond donors (Lipinski definition) is 0. The number of benzene rings is 1. The Kier molecular flexibility index (Phi) is 3.59. The van der Waals surface area contributed by atoms with Crippen molar-refractivity contribution in [2.24, 2.45) is 4.99 Å². The fraction of sp³-hybridized carbons (Fsp3) is 0.462. The Bertz CT molecular complexity index is 452. The summed E-state index contributed by atoms with van der Waals surface area (Å²) in [6.45, 7) is 3.65. The molecule has 0 saturated carbocycles. The number of para-hydroxylation sites is 1. The van der Waals surface area contributed by atoms with Crippen molar-refractivity contribution < 1.29 is 13.2 Å². The molecule has 0 amide bonds. The molecule has 1 aliphatic rings. The molecule has 0 unspecified atom stereocenters. The molecule has 2 rings (SSSR count). The van der Waals surface area contributed by atoms with Gasteiger partial charge in [-0.2, -0.15) is 13.2 Å². The first-order valence-corrected chi connectivity index (χ1v) is 6.01. The van der Waals surface area contributed by atoms with Crippen LogP contribution in [0.3, 0.4) is 0 Å². The molecule has 2 nitrogen and oxygen atoms in total. The van der Waals surface area contributed by atoms with Gasteiger partial charge in [0.1, 0.15) is 5.84 Å². The third kappa shape index (κ3) is 2.66. The lowest BCUT2D eigenvalue weighted by Crippen LogP contribution is -2.24. The van der Waals surface area contributed by atoms with Crippen molar-refractivity contribution >= 4 is 11.5 Å². The Morgan fingerprint density at radius 1 is 1.28 bits per heavy atom. The van der Waals surface area contributed by atoms with E-state index in [1.54, 1.807) is 6.07 Å². The lowest BCUT2D eigenvalue weighted by Gasteiger charge is -2.17. The molecule has 0 spiro atoms. The zero-order valence-electron chi connectivity index (χ0n) is 10.2. The van der Waals surface area contributed by atoms with E-state index in [1.165, 1.54) is 12.1 Å². The van der Waals surface area contributed by atoms with Crippen molar-refractivity contribution in [3.8, 4) is 0 Å². The standard InChI is InChI=1S/C13H15F3N2/c1-2-18-9-5-8-12(18)17-11-7-4-3-6-10(11)13(14,15)16/h3-4,6-7H,2,5,8-9H2,1H3. The van der Waals surface area contributed by atoms with Crippen LogP contribution in [0.4, 0.5) is 18.9 Å². The van der Waals surface area contributed by atoms with Crippen molar-refractivity contribution in [1.29, 1.82) is 0 Å². The number of halogens is 3. The molecule has 0 atom stereocenters. The van der Waals surface area contributed by atoms with Gasteiger partial charge in [-0.1, -0.05) is 12.1 Å². The van der Waals surface area contributed by atoms with E-state index in [4.69, 9.17) is 0 Å². The smallest absolute Gasteiger partial charge is 0.360 e. The Morgan fingerprint density at radius 3 is 2.67 bits per heavy atom. The number of alkyl halides is 3. The molecule has 1 heterocycles. The van der Waals surface area contributed by atoms with Gasteiger partial charge in [-0.05, 0) is 25.5 Å². The number of nitrogens with zero attached hydrogens (tertiary/aromatic N) is 2. The van der Waals surface area contributed by atoms with Crippen LogP contribution in [-0.4, -0.2) is 23.8 Å². The van der Waals surface area contributed by atoms with E-state index in [-0.39, 0.29) is 5.69 Å². The highest BCUT2D eigenvalue weighted by atomic mass is 19.4. The van der Waals surface area contributed by atoms with Gasteiger partial charge in [0.2, 0.25) is 0 Å². The van der Waals surface area contributed by atoms with Gasteiger partial charge < -0.3 is 4.90 Å². The molecule has 0 N–H and O–H groups in total. The lowest BCUT2D eigenvalue weighted by molar-refractivity contribution is -0.137. The van der Waals surface area contributed by atoms with Crippen LogP contribution >= 0.6 is 0 Å². The number of amidine groups is 1. The van der Waals surface area contributed by atoms with Gasteiger partial charge in [-0.3, -0.25) is 0 Å². The molecule has 0 aliphatic carbocycles. The molecule has 1 aliphatic heterocycles. The predicted octanol–water partition coefficient (Wildman–Crippen LogP) is 3.85. The van der Waals surface area contributed by atoms with Gasteiger partial charge in [-0.15, -0.1) is 0 Å². The molecule has 0 bridgehead atoms. The van der Waals surface area contributed by atoms with Crippen LogP contribution in [0.2, 0.25) is 0 Å². The first-order valence-electron chi connectivity index (χ1n) is 6.01. The Morgan fingerprint density at radius 2 is 2.00 bits per heavy atom. The van der Waals surface area contributed by atoms with E-state index >= 15 is 0 Å². The second-order valence-electron chi connectivity index (χ2n) is 4.23. The first kappa shape index (κ1) is 12.9. The summed E-state index contributed by atoms with van der Waals surface area (Å²) in [5, 5.41) is 0. The second kappa shape index (κ2) is 5.00. The lowest BCUT2D eigenvalue weighted by atomic mass is 10.2. The molecular formula is C13H15F3N2. The predicted molar refractivity (Wildman–Crippen MR) is 65.0 cm³/mol. The van der Waals surface area contributed by atoms with Gasteiger partial charge >= 0.3 is 6.18 Å². The second-order valence-corrected chi connectivity index (χ2v) is 4.23. The van der Waals surface area contributed by atoms with Gasteiger partial charge in [0.15, 0.2) is 0 Å². The van der Waals surface area contributed by atoms with Gasteiger partial charge in [0.05, 0.1) is 11.3 Å².